The molecular weight excluding hydrogens is 282 g/mol. The van der Waals surface area contributed by atoms with Gasteiger partial charge in [-0.1, -0.05) is 19.9 Å². The van der Waals surface area contributed by atoms with Gasteiger partial charge >= 0.3 is 5.97 Å². The largest absolute Gasteiger partial charge is 0.482 e. The average Bonchev–Trinajstić information content (AvgIpc) is 2.65. The number of ether oxygens (including phenoxy) is 1. The van der Waals surface area contributed by atoms with Crippen LogP contribution in [0.3, 0.4) is 0 Å². The molecule has 0 aliphatic carbocycles. The summed E-state index contributed by atoms with van der Waals surface area (Å²) in [5.74, 6) is -0.645. The highest BCUT2D eigenvalue weighted by molar-refractivity contribution is 5.94. The summed E-state index contributed by atoms with van der Waals surface area (Å²) in [5, 5.41) is 8.64. The van der Waals surface area contributed by atoms with Crippen LogP contribution in [0, 0.1) is 5.41 Å². The lowest BCUT2D eigenvalue weighted by molar-refractivity contribution is -0.139. The Hall–Kier alpha value is -2.04. The first-order valence-corrected chi connectivity index (χ1v) is 7.61. The minimum Gasteiger partial charge on any atom is -0.482 e. The molecule has 5 heteroatoms. The molecular formula is C17H23NO4. The highest BCUT2D eigenvalue weighted by atomic mass is 16.5. The molecule has 5 nitrogen and oxygen atoms in total. The Labute approximate surface area is 130 Å². The summed E-state index contributed by atoms with van der Waals surface area (Å²) in [6, 6.07) is 6.73. The number of carboxylic acids is 1. The predicted molar refractivity (Wildman–Crippen MR) is 83.1 cm³/mol. The van der Waals surface area contributed by atoms with Crippen molar-refractivity contribution in [2.75, 3.05) is 19.7 Å². The number of benzene rings is 1. The summed E-state index contributed by atoms with van der Waals surface area (Å²) in [5.41, 5.74) is 0.823. The lowest BCUT2D eigenvalue weighted by atomic mass is 9.85. The van der Waals surface area contributed by atoms with Crippen molar-refractivity contribution < 1.29 is 19.4 Å². The number of nitrogens with zero attached hydrogens (tertiary/aromatic N) is 1. The van der Waals surface area contributed by atoms with Gasteiger partial charge in [-0.25, -0.2) is 4.79 Å². The zero-order valence-electron chi connectivity index (χ0n) is 13.2. The number of rotatable bonds is 4. The van der Waals surface area contributed by atoms with Crippen LogP contribution in [-0.4, -0.2) is 41.6 Å². The standard InChI is InChI=1S/C17H23NO4/c1-17(2)7-4-9-18(10-8-17)16(21)13-5-3-6-14(11-13)22-12-15(19)20/h3,5-6,11H,4,7-10,12H2,1-2H3,(H,19,20). The molecule has 0 spiro atoms. The van der Waals surface area contributed by atoms with E-state index in [1.54, 1.807) is 24.3 Å². The molecule has 1 heterocycles. The van der Waals surface area contributed by atoms with E-state index in [1.165, 1.54) is 0 Å². The van der Waals surface area contributed by atoms with Crippen molar-refractivity contribution in [2.24, 2.45) is 5.41 Å². The molecule has 1 aliphatic rings. The minimum atomic E-state index is -1.04. The molecule has 1 fully saturated rings. The summed E-state index contributed by atoms with van der Waals surface area (Å²) in [6.45, 7) is 5.59. The highest BCUT2D eigenvalue weighted by Gasteiger charge is 2.26. The Morgan fingerprint density at radius 2 is 2.05 bits per heavy atom. The van der Waals surface area contributed by atoms with Crippen molar-refractivity contribution in [3.05, 3.63) is 29.8 Å². The molecule has 22 heavy (non-hydrogen) atoms. The van der Waals surface area contributed by atoms with Gasteiger partial charge in [-0.3, -0.25) is 4.79 Å². The van der Waals surface area contributed by atoms with E-state index in [4.69, 9.17) is 9.84 Å². The average molecular weight is 305 g/mol. The molecule has 1 aliphatic heterocycles. The van der Waals surface area contributed by atoms with E-state index >= 15 is 0 Å². The maximum atomic E-state index is 12.6. The van der Waals surface area contributed by atoms with Crippen LogP contribution in [0.2, 0.25) is 0 Å². The molecule has 1 N–H and O–H groups in total. The van der Waals surface area contributed by atoms with Crippen molar-refractivity contribution in [3.63, 3.8) is 0 Å². The fourth-order valence-electron chi connectivity index (χ4n) is 2.67. The zero-order chi connectivity index (χ0) is 16.2. The molecule has 1 aromatic carbocycles. The van der Waals surface area contributed by atoms with Crippen LogP contribution < -0.4 is 4.74 Å². The monoisotopic (exact) mass is 305 g/mol. The van der Waals surface area contributed by atoms with Gasteiger partial charge in [0.1, 0.15) is 5.75 Å². The summed E-state index contributed by atoms with van der Waals surface area (Å²) in [6.07, 6.45) is 3.13. The van der Waals surface area contributed by atoms with Crippen LogP contribution in [0.15, 0.2) is 24.3 Å². The Balaban J connectivity index is 2.05. The minimum absolute atomic E-state index is 0.0153. The topological polar surface area (TPSA) is 66.8 Å². The van der Waals surface area contributed by atoms with E-state index in [0.717, 1.165) is 32.4 Å². The van der Waals surface area contributed by atoms with Crippen LogP contribution >= 0.6 is 0 Å². The van der Waals surface area contributed by atoms with Crippen LogP contribution in [0.5, 0.6) is 5.75 Å². The Kier molecular flexibility index (Phi) is 5.06. The molecule has 0 radical (unpaired) electrons. The van der Waals surface area contributed by atoms with Crippen molar-refractivity contribution in [1.29, 1.82) is 0 Å². The van der Waals surface area contributed by atoms with Gasteiger partial charge in [-0.15, -0.1) is 0 Å². The number of aliphatic carboxylic acids is 1. The van der Waals surface area contributed by atoms with Crippen molar-refractivity contribution in [1.82, 2.24) is 4.90 Å². The van der Waals surface area contributed by atoms with Crippen molar-refractivity contribution in [3.8, 4) is 5.75 Å². The first-order chi connectivity index (χ1) is 10.4. The number of carboxylic acid groups (broad SMARTS) is 1. The highest BCUT2D eigenvalue weighted by Crippen LogP contribution is 2.30. The van der Waals surface area contributed by atoms with E-state index < -0.39 is 12.6 Å². The molecule has 0 atom stereocenters. The summed E-state index contributed by atoms with van der Waals surface area (Å²) < 4.78 is 5.13. The first kappa shape index (κ1) is 16.3. The van der Waals surface area contributed by atoms with E-state index in [-0.39, 0.29) is 11.3 Å². The van der Waals surface area contributed by atoms with Gasteiger partial charge < -0.3 is 14.7 Å². The molecule has 1 aromatic rings. The van der Waals surface area contributed by atoms with Crippen LogP contribution in [0.1, 0.15) is 43.5 Å². The third kappa shape index (κ3) is 4.48. The second-order valence-corrected chi connectivity index (χ2v) is 6.52. The van der Waals surface area contributed by atoms with Gasteiger partial charge in [-0.05, 0) is 42.9 Å². The fraction of sp³-hybridized carbons (Fsp3) is 0.529. The van der Waals surface area contributed by atoms with Gasteiger partial charge in [0.05, 0.1) is 0 Å². The van der Waals surface area contributed by atoms with E-state index in [1.807, 2.05) is 4.90 Å². The van der Waals surface area contributed by atoms with Crippen LogP contribution in [-0.2, 0) is 4.79 Å². The summed E-state index contributed by atoms with van der Waals surface area (Å²) in [4.78, 5) is 25.0. The second kappa shape index (κ2) is 6.81. The van der Waals surface area contributed by atoms with Crippen LogP contribution in [0.25, 0.3) is 0 Å². The molecule has 1 amide bonds. The molecule has 2 rings (SSSR count). The first-order valence-electron chi connectivity index (χ1n) is 7.61. The van der Waals surface area contributed by atoms with E-state index in [0.29, 0.717) is 11.3 Å². The SMILES string of the molecule is CC1(C)CCCN(C(=O)c2cccc(OCC(=O)O)c2)CC1. The Morgan fingerprint density at radius 1 is 1.27 bits per heavy atom. The Bertz CT molecular complexity index is 553. The maximum Gasteiger partial charge on any atom is 0.341 e. The molecule has 120 valence electrons. The van der Waals surface area contributed by atoms with Gasteiger partial charge in [0.15, 0.2) is 6.61 Å². The van der Waals surface area contributed by atoms with Crippen molar-refractivity contribution in [2.45, 2.75) is 33.1 Å². The predicted octanol–water partition coefficient (Wildman–Crippen LogP) is 2.80. The van der Waals surface area contributed by atoms with Crippen LogP contribution in [0.4, 0.5) is 0 Å². The van der Waals surface area contributed by atoms with Gasteiger partial charge in [0.25, 0.3) is 5.91 Å². The quantitative estimate of drug-likeness (QED) is 0.929. The summed E-state index contributed by atoms with van der Waals surface area (Å²) >= 11 is 0. The van der Waals surface area contributed by atoms with Gasteiger partial charge in [0.2, 0.25) is 0 Å². The smallest absolute Gasteiger partial charge is 0.341 e. The number of likely N-dealkylation sites (tertiary alicyclic amines) is 1. The molecule has 0 saturated carbocycles. The third-order valence-corrected chi connectivity index (χ3v) is 4.07. The van der Waals surface area contributed by atoms with E-state index in [9.17, 15) is 9.59 Å². The third-order valence-electron chi connectivity index (χ3n) is 4.07. The number of amides is 1. The molecule has 0 aromatic heterocycles. The second-order valence-electron chi connectivity index (χ2n) is 6.52. The number of hydrogen-bond acceptors (Lipinski definition) is 3. The molecule has 0 unspecified atom stereocenters. The number of carbonyl (C=O) groups excluding carboxylic acids is 1. The lowest BCUT2D eigenvalue weighted by Crippen LogP contribution is -2.32. The Morgan fingerprint density at radius 3 is 2.77 bits per heavy atom. The lowest BCUT2D eigenvalue weighted by Gasteiger charge is -2.23. The fourth-order valence-corrected chi connectivity index (χ4v) is 2.67. The van der Waals surface area contributed by atoms with Gasteiger partial charge in [0, 0.05) is 18.7 Å². The van der Waals surface area contributed by atoms with E-state index in [2.05, 4.69) is 13.8 Å². The van der Waals surface area contributed by atoms with Gasteiger partial charge in [-0.2, -0.15) is 0 Å². The normalized spacial score (nSPS) is 17.6. The molecule has 1 saturated heterocycles. The van der Waals surface area contributed by atoms with Crippen molar-refractivity contribution >= 4 is 11.9 Å². The number of hydrogen-bond donors (Lipinski definition) is 1. The summed E-state index contributed by atoms with van der Waals surface area (Å²) in [7, 11) is 0. The maximum absolute atomic E-state index is 12.6. The number of carbonyl (C=O) groups is 2. The zero-order valence-corrected chi connectivity index (χ0v) is 13.2. The molecule has 0 bridgehead atoms.